The molecule has 0 radical (unpaired) electrons. The van der Waals surface area contributed by atoms with E-state index in [4.69, 9.17) is 0 Å². The lowest BCUT2D eigenvalue weighted by atomic mass is 9.84. The number of anilines is 1. The van der Waals surface area contributed by atoms with Gasteiger partial charge in [0.15, 0.2) is 0 Å². The van der Waals surface area contributed by atoms with Gasteiger partial charge in [0.1, 0.15) is 5.54 Å². The Bertz CT molecular complexity index is 1130. The number of benzene rings is 3. The Morgan fingerprint density at radius 3 is 2.22 bits per heavy atom. The highest BCUT2D eigenvalue weighted by Gasteiger charge is 2.51. The highest BCUT2D eigenvalue weighted by Crippen LogP contribution is 2.41. The molecule has 1 unspecified atom stereocenters. The van der Waals surface area contributed by atoms with Crippen molar-refractivity contribution >= 4 is 11.6 Å². The Labute approximate surface area is 189 Å². The quantitative estimate of drug-likeness (QED) is 0.667. The monoisotopic (exact) mass is 423 g/mol. The van der Waals surface area contributed by atoms with E-state index in [-0.39, 0.29) is 5.91 Å². The molecule has 6 rings (SSSR count). The molecule has 0 bridgehead atoms. The first-order chi connectivity index (χ1) is 15.7. The number of amides is 1. The van der Waals surface area contributed by atoms with Crippen LogP contribution < -0.4 is 10.2 Å². The zero-order chi connectivity index (χ0) is 21.5. The van der Waals surface area contributed by atoms with Crippen molar-refractivity contribution < 1.29 is 4.79 Å². The van der Waals surface area contributed by atoms with Gasteiger partial charge < -0.3 is 10.2 Å². The zero-order valence-corrected chi connectivity index (χ0v) is 18.3. The second-order valence-electron chi connectivity index (χ2n) is 9.36. The van der Waals surface area contributed by atoms with Gasteiger partial charge >= 0.3 is 0 Å². The van der Waals surface area contributed by atoms with Gasteiger partial charge in [-0.25, -0.2) is 0 Å². The maximum atomic E-state index is 13.1. The van der Waals surface area contributed by atoms with Gasteiger partial charge in [-0.05, 0) is 60.1 Å². The summed E-state index contributed by atoms with van der Waals surface area (Å²) < 4.78 is 0. The van der Waals surface area contributed by atoms with Crippen LogP contribution in [0.1, 0.15) is 41.1 Å². The highest BCUT2D eigenvalue weighted by atomic mass is 16.2. The summed E-state index contributed by atoms with van der Waals surface area (Å²) in [5, 5.41) is 3.13. The molecule has 2 heterocycles. The van der Waals surface area contributed by atoms with Crippen LogP contribution in [0.3, 0.4) is 0 Å². The molecule has 0 saturated carbocycles. The van der Waals surface area contributed by atoms with E-state index in [1.807, 2.05) is 6.07 Å². The molecule has 3 aliphatic rings. The zero-order valence-electron chi connectivity index (χ0n) is 18.3. The number of fused-ring (bicyclic) bond motifs is 2. The molecule has 2 fully saturated rings. The van der Waals surface area contributed by atoms with Crippen LogP contribution in [0.5, 0.6) is 0 Å². The number of piperidine rings is 1. The van der Waals surface area contributed by atoms with E-state index in [1.54, 1.807) is 0 Å². The molecular formula is C28H29N3O. The summed E-state index contributed by atoms with van der Waals surface area (Å²) in [6, 6.07) is 28.6. The van der Waals surface area contributed by atoms with E-state index in [2.05, 4.69) is 87.9 Å². The number of hydrogen-bond acceptors (Lipinski definition) is 3. The molecule has 162 valence electrons. The lowest BCUT2D eigenvalue weighted by Gasteiger charge is -2.45. The molecule has 3 aromatic carbocycles. The van der Waals surface area contributed by atoms with Gasteiger partial charge in [0.25, 0.3) is 0 Å². The standard InChI is InChI=1S/C28H29N3O/c32-27-28(31(20-29-27)24-11-2-1-3-12-24)14-16-30(17-15-28)26-19-22-9-5-4-8-21(22)18-23-10-6-7-13-25(23)26/h1-13,26H,14-20H2,(H,29,32). The molecule has 32 heavy (non-hydrogen) atoms. The Balaban J connectivity index is 1.30. The average molecular weight is 424 g/mol. The summed E-state index contributed by atoms with van der Waals surface area (Å²) in [7, 11) is 0. The van der Waals surface area contributed by atoms with Gasteiger partial charge in [-0.1, -0.05) is 66.7 Å². The van der Waals surface area contributed by atoms with Crippen molar-refractivity contribution in [2.75, 3.05) is 24.7 Å². The van der Waals surface area contributed by atoms with E-state index in [0.29, 0.717) is 12.7 Å². The van der Waals surface area contributed by atoms with Gasteiger partial charge in [0.2, 0.25) is 5.91 Å². The number of likely N-dealkylation sites (tertiary alicyclic amines) is 1. The summed E-state index contributed by atoms with van der Waals surface area (Å²) in [6.07, 6.45) is 3.75. The topological polar surface area (TPSA) is 35.6 Å². The Morgan fingerprint density at radius 1 is 0.781 bits per heavy atom. The number of carbonyl (C=O) groups is 1. The molecule has 3 aromatic rings. The summed E-state index contributed by atoms with van der Waals surface area (Å²) in [4.78, 5) is 18.0. The maximum Gasteiger partial charge on any atom is 0.247 e. The fourth-order valence-electron chi connectivity index (χ4n) is 6.04. The molecule has 1 amide bonds. The van der Waals surface area contributed by atoms with E-state index in [1.165, 1.54) is 22.3 Å². The van der Waals surface area contributed by atoms with Crippen LogP contribution in [0, 0.1) is 0 Å². The molecule has 2 aliphatic heterocycles. The Morgan fingerprint density at radius 2 is 1.44 bits per heavy atom. The number of carbonyl (C=O) groups excluding carboxylic acids is 1. The SMILES string of the molecule is O=C1NCN(c2ccccc2)C12CCN(C1Cc3ccccc3Cc3ccccc31)CC2. The molecule has 1 aliphatic carbocycles. The largest absolute Gasteiger partial charge is 0.339 e. The molecule has 1 atom stereocenters. The van der Waals surface area contributed by atoms with Crippen molar-refractivity contribution in [1.82, 2.24) is 10.2 Å². The van der Waals surface area contributed by atoms with E-state index in [0.717, 1.165) is 44.5 Å². The second-order valence-corrected chi connectivity index (χ2v) is 9.36. The normalized spacial score (nSPS) is 22.2. The molecule has 2 saturated heterocycles. The highest BCUT2D eigenvalue weighted by molar-refractivity contribution is 5.93. The summed E-state index contributed by atoms with van der Waals surface area (Å²) in [6.45, 7) is 2.46. The fraction of sp³-hybridized carbons (Fsp3) is 0.321. The maximum absolute atomic E-state index is 13.1. The lowest BCUT2D eigenvalue weighted by molar-refractivity contribution is -0.125. The minimum absolute atomic E-state index is 0.188. The fourth-order valence-corrected chi connectivity index (χ4v) is 6.04. The summed E-state index contributed by atoms with van der Waals surface area (Å²) >= 11 is 0. The van der Waals surface area contributed by atoms with E-state index >= 15 is 0 Å². The predicted molar refractivity (Wildman–Crippen MR) is 128 cm³/mol. The number of nitrogens with one attached hydrogen (secondary N) is 1. The number of nitrogens with zero attached hydrogens (tertiary/aromatic N) is 2. The smallest absolute Gasteiger partial charge is 0.247 e. The van der Waals surface area contributed by atoms with E-state index < -0.39 is 5.54 Å². The van der Waals surface area contributed by atoms with Crippen LogP contribution in [0.4, 0.5) is 5.69 Å². The summed E-state index contributed by atoms with van der Waals surface area (Å²) in [5.74, 6) is 0.188. The summed E-state index contributed by atoms with van der Waals surface area (Å²) in [5.41, 5.74) is 6.50. The average Bonchev–Trinajstić information content (AvgIpc) is 3.05. The molecule has 0 aromatic heterocycles. The third-order valence-electron chi connectivity index (χ3n) is 7.80. The lowest BCUT2D eigenvalue weighted by Crippen LogP contribution is -2.57. The van der Waals surface area contributed by atoms with Crippen LogP contribution in [0.2, 0.25) is 0 Å². The molecule has 1 spiro atoms. The molecule has 4 heteroatoms. The number of hydrogen-bond donors (Lipinski definition) is 1. The van der Waals surface area contributed by atoms with Crippen molar-refractivity contribution in [2.45, 2.75) is 37.3 Å². The van der Waals surface area contributed by atoms with Gasteiger partial charge in [0.05, 0.1) is 6.67 Å². The Kier molecular flexibility index (Phi) is 4.76. The molecule has 1 N–H and O–H groups in total. The first-order valence-corrected chi connectivity index (χ1v) is 11.7. The Hall–Kier alpha value is -3.11. The number of rotatable bonds is 2. The van der Waals surface area contributed by atoms with Crippen LogP contribution in [-0.2, 0) is 17.6 Å². The molecule has 4 nitrogen and oxygen atoms in total. The van der Waals surface area contributed by atoms with Crippen LogP contribution in [0.15, 0.2) is 78.9 Å². The van der Waals surface area contributed by atoms with E-state index in [9.17, 15) is 4.79 Å². The van der Waals surface area contributed by atoms with Gasteiger partial charge in [0, 0.05) is 24.8 Å². The minimum Gasteiger partial charge on any atom is -0.339 e. The second kappa shape index (κ2) is 7.79. The molecular weight excluding hydrogens is 394 g/mol. The third-order valence-corrected chi connectivity index (χ3v) is 7.80. The third kappa shape index (κ3) is 3.13. The minimum atomic E-state index is -0.431. The van der Waals surface area contributed by atoms with Crippen molar-refractivity contribution in [3.05, 3.63) is 101 Å². The van der Waals surface area contributed by atoms with Crippen molar-refractivity contribution in [1.29, 1.82) is 0 Å². The first-order valence-electron chi connectivity index (χ1n) is 11.7. The van der Waals surface area contributed by atoms with Crippen LogP contribution in [0.25, 0.3) is 0 Å². The van der Waals surface area contributed by atoms with Gasteiger partial charge in [-0.2, -0.15) is 0 Å². The predicted octanol–water partition coefficient (Wildman–Crippen LogP) is 4.30. The van der Waals surface area contributed by atoms with Crippen LogP contribution >= 0.6 is 0 Å². The van der Waals surface area contributed by atoms with Gasteiger partial charge in [-0.15, -0.1) is 0 Å². The first kappa shape index (κ1) is 19.6. The number of para-hydroxylation sites is 1. The van der Waals surface area contributed by atoms with Crippen molar-refractivity contribution in [3.63, 3.8) is 0 Å². The van der Waals surface area contributed by atoms with Crippen molar-refractivity contribution in [3.8, 4) is 0 Å². The van der Waals surface area contributed by atoms with Gasteiger partial charge in [-0.3, -0.25) is 9.69 Å². The van der Waals surface area contributed by atoms with Crippen molar-refractivity contribution in [2.24, 2.45) is 0 Å². The van der Waals surface area contributed by atoms with Crippen LogP contribution in [-0.4, -0.2) is 36.1 Å².